The highest BCUT2D eigenvalue weighted by Crippen LogP contribution is 2.39. The maximum absolute atomic E-state index is 14.5. The summed E-state index contributed by atoms with van der Waals surface area (Å²) in [6.07, 6.45) is -0.0919. The predicted molar refractivity (Wildman–Crippen MR) is 184 cm³/mol. The molecular formula is C36H31F3N6O5. The lowest BCUT2D eigenvalue weighted by molar-refractivity contribution is -0.137. The minimum atomic E-state index is -4.59. The molecule has 0 unspecified atom stereocenters. The van der Waals surface area contributed by atoms with Crippen LogP contribution >= 0.6 is 0 Å². The van der Waals surface area contributed by atoms with Crippen LogP contribution in [-0.4, -0.2) is 79.4 Å². The van der Waals surface area contributed by atoms with Gasteiger partial charge in [0.2, 0.25) is 0 Å². The van der Waals surface area contributed by atoms with Crippen LogP contribution in [0.15, 0.2) is 96.1 Å². The third-order valence-electron chi connectivity index (χ3n) is 8.56. The van der Waals surface area contributed by atoms with Crippen LogP contribution in [0.1, 0.15) is 5.56 Å². The lowest BCUT2D eigenvalue weighted by Gasteiger charge is -2.35. The van der Waals surface area contributed by atoms with Crippen LogP contribution < -0.4 is 10.6 Å². The second kappa shape index (κ2) is 13.5. The van der Waals surface area contributed by atoms with Crippen molar-refractivity contribution in [2.24, 2.45) is 7.05 Å². The summed E-state index contributed by atoms with van der Waals surface area (Å²) in [5, 5.41) is 17.3. The van der Waals surface area contributed by atoms with E-state index in [1.807, 2.05) is 55.6 Å². The molecule has 0 spiro atoms. The Kier molecular flexibility index (Phi) is 9.13. The van der Waals surface area contributed by atoms with Crippen molar-refractivity contribution in [3.05, 3.63) is 107 Å². The summed E-state index contributed by atoms with van der Waals surface area (Å²) < 4.78 is 46.2. The highest BCUT2D eigenvalue weighted by Gasteiger charge is 2.36. The number of benzene rings is 3. The fourth-order valence-electron chi connectivity index (χ4n) is 6.00. The van der Waals surface area contributed by atoms with Gasteiger partial charge < -0.3 is 20.0 Å². The standard InChI is InChI=1S/C32H27F3N6O.C4H4O4/c1-38-11-13-40(14-12-38)28-10-8-23(17-25(28)32(33,34)35)41-30-24-16-20(22-15-21-5-3-4-6-26(21)36-18-22)7-9-27(24)37-19-29(30)39(2)31(41)42;5-3(6)1-2-4(7)8/h3-10,15-19H,11-14H2,1-2H3;1-2H,(H,5,6)(H,7,8)/b;2-1-. The van der Waals surface area contributed by atoms with Crippen molar-refractivity contribution in [3.8, 4) is 16.8 Å². The molecule has 0 amide bonds. The second-order valence-electron chi connectivity index (χ2n) is 11.8. The number of anilines is 1. The molecule has 1 aliphatic rings. The molecule has 0 radical (unpaired) electrons. The number of fused-ring (bicyclic) bond motifs is 4. The third-order valence-corrected chi connectivity index (χ3v) is 8.56. The average Bonchev–Trinajstić information content (AvgIpc) is 3.36. The fourth-order valence-corrected chi connectivity index (χ4v) is 6.00. The number of imidazole rings is 1. The number of pyridine rings is 2. The zero-order valence-corrected chi connectivity index (χ0v) is 26.9. The van der Waals surface area contributed by atoms with Gasteiger partial charge in [-0.1, -0.05) is 24.3 Å². The zero-order valence-electron chi connectivity index (χ0n) is 26.9. The molecule has 3 aromatic heterocycles. The lowest BCUT2D eigenvalue weighted by atomic mass is 10.0. The number of hydrogen-bond acceptors (Lipinski definition) is 7. The van der Waals surface area contributed by atoms with E-state index in [1.165, 1.54) is 15.2 Å². The largest absolute Gasteiger partial charge is 0.478 e. The van der Waals surface area contributed by atoms with Gasteiger partial charge in [-0.3, -0.25) is 19.1 Å². The van der Waals surface area contributed by atoms with Crippen LogP contribution in [0, 0.1) is 0 Å². The number of piperazine rings is 1. The number of aliphatic carboxylic acids is 2. The smallest absolute Gasteiger partial charge is 0.418 e. The molecule has 256 valence electrons. The third kappa shape index (κ3) is 6.78. The van der Waals surface area contributed by atoms with E-state index < -0.39 is 29.4 Å². The number of halogens is 3. The molecule has 0 saturated carbocycles. The Labute approximate surface area is 282 Å². The summed E-state index contributed by atoms with van der Waals surface area (Å²) in [4.78, 5) is 45.7. The molecule has 0 atom stereocenters. The molecule has 3 aromatic carbocycles. The molecular weight excluding hydrogens is 653 g/mol. The molecule has 7 rings (SSSR count). The average molecular weight is 685 g/mol. The summed E-state index contributed by atoms with van der Waals surface area (Å²) >= 11 is 0. The van der Waals surface area contributed by atoms with Crippen molar-refractivity contribution in [1.82, 2.24) is 24.0 Å². The van der Waals surface area contributed by atoms with Crippen molar-refractivity contribution in [3.63, 3.8) is 0 Å². The van der Waals surface area contributed by atoms with E-state index in [4.69, 9.17) is 10.2 Å². The molecule has 2 N–H and O–H groups in total. The summed E-state index contributed by atoms with van der Waals surface area (Å²) in [6, 6.07) is 19.8. The molecule has 1 fully saturated rings. The minimum absolute atomic E-state index is 0.130. The van der Waals surface area contributed by atoms with Gasteiger partial charge in [0.15, 0.2) is 0 Å². The van der Waals surface area contributed by atoms with Crippen LogP contribution in [0.3, 0.4) is 0 Å². The molecule has 50 heavy (non-hydrogen) atoms. The maximum atomic E-state index is 14.5. The first-order valence-electron chi connectivity index (χ1n) is 15.5. The number of hydrogen-bond donors (Lipinski definition) is 2. The van der Waals surface area contributed by atoms with Gasteiger partial charge in [-0.25, -0.2) is 14.4 Å². The number of carboxylic acids is 2. The van der Waals surface area contributed by atoms with E-state index in [0.29, 0.717) is 60.3 Å². The van der Waals surface area contributed by atoms with Crippen LogP contribution in [0.4, 0.5) is 18.9 Å². The van der Waals surface area contributed by atoms with Gasteiger partial charge >= 0.3 is 23.8 Å². The Morgan fingerprint density at radius 2 is 1.48 bits per heavy atom. The molecule has 11 nitrogen and oxygen atoms in total. The van der Waals surface area contributed by atoms with E-state index in [-0.39, 0.29) is 11.4 Å². The van der Waals surface area contributed by atoms with E-state index in [1.54, 1.807) is 30.4 Å². The Morgan fingerprint density at radius 1 is 0.800 bits per heavy atom. The summed E-state index contributed by atoms with van der Waals surface area (Å²) in [6.45, 7) is 2.34. The van der Waals surface area contributed by atoms with Gasteiger partial charge in [0.25, 0.3) is 0 Å². The Hall–Kier alpha value is -6.02. The Morgan fingerprint density at radius 3 is 2.16 bits per heavy atom. The number of likely N-dealkylation sites (N-methyl/N-ethyl adjacent to an activating group) is 1. The van der Waals surface area contributed by atoms with E-state index in [2.05, 4.69) is 14.9 Å². The first-order valence-corrected chi connectivity index (χ1v) is 15.5. The van der Waals surface area contributed by atoms with Gasteiger partial charge in [-0.2, -0.15) is 13.2 Å². The normalized spacial score (nSPS) is 14.0. The summed E-state index contributed by atoms with van der Waals surface area (Å²) in [5.41, 5.74) is 3.36. The van der Waals surface area contributed by atoms with Crippen LogP contribution in [-0.2, 0) is 22.8 Å². The molecule has 6 aromatic rings. The van der Waals surface area contributed by atoms with Crippen LogP contribution in [0.2, 0.25) is 0 Å². The first kappa shape index (κ1) is 33.9. The summed E-state index contributed by atoms with van der Waals surface area (Å²) in [5.74, 6) is -2.51. The topological polar surface area (TPSA) is 134 Å². The van der Waals surface area contributed by atoms with Crippen molar-refractivity contribution in [1.29, 1.82) is 0 Å². The van der Waals surface area contributed by atoms with Crippen LogP contribution in [0.25, 0.3) is 49.7 Å². The van der Waals surface area contributed by atoms with Crippen molar-refractivity contribution < 1.29 is 33.0 Å². The molecule has 14 heteroatoms. The number of nitrogens with zero attached hydrogens (tertiary/aromatic N) is 6. The van der Waals surface area contributed by atoms with E-state index in [0.717, 1.165) is 28.1 Å². The monoisotopic (exact) mass is 684 g/mol. The fraction of sp³-hybridized carbons (Fsp3) is 0.194. The lowest BCUT2D eigenvalue weighted by Crippen LogP contribution is -2.45. The number of rotatable bonds is 5. The Bertz CT molecular complexity index is 2340. The maximum Gasteiger partial charge on any atom is 0.418 e. The van der Waals surface area contributed by atoms with Crippen LogP contribution in [0.5, 0.6) is 0 Å². The SMILES string of the molecule is CN1CCN(c2ccc(-n3c(=O)n(C)c4cnc5ccc(-c6cnc7ccccc7c6)cc5c43)cc2C(F)(F)F)CC1.O=C(O)/C=C\C(=O)O. The molecule has 0 bridgehead atoms. The quantitative estimate of drug-likeness (QED) is 0.224. The predicted octanol–water partition coefficient (Wildman–Crippen LogP) is 5.58. The van der Waals surface area contributed by atoms with E-state index in [9.17, 15) is 27.6 Å². The number of carboxylic acid groups (broad SMARTS) is 2. The Balaban J connectivity index is 0.000000485. The highest BCUT2D eigenvalue weighted by molar-refractivity contribution is 6.05. The summed E-state index contributed by atoms with van der Waals surface area (Å²) in [7, 11) is 3.56. The number of alkyl halides is 3. The molecule has 0 aliphatic carbocycles. The molecule has 4 heterocycles. The van der Waals surface area contributed by atoms with E-state index >= 15 is 0 Å². The first-order chi connectivity index (χ1) is 23.8. The second-order valence-corrected chi connectivity index (χ2v) is 11.8. The van der Waals surface area contributed by atoms with Crippen molar-refractivity contribution in [2.45, 2.75) is 6.18 Å². The van der Waals surface area contributed by atoms with Gasteiger partial charge in [0, 0.05) is 73.6 Å². The van der Waals surface area contributed by atoms with Crippen molar-refractivity contribution >= 4 is 50.5 Å². The number of aromatic nitrogens is 4. The van der Waals surface area contributed by atoms with Gasteiger partial charge in [-0.15, -0.1) is 0 Å². The van der Waals surface area contributed by atoms with Crippen molar-refractivity contribution in [2.75, 3.05) is 38.1 Å². The molecule has 1 saturated heterocycles. The molecule has 1 aliphatic heterocycles. The van der Waals surface area contributed by atoms with Gasteiger partial charge in [-0.05, 0) is 55.1 Å². The minimum Gasteiger partial charge on any atom is -0.478 e. The number of aryl methyl sites for hydroxylation is 1. The highest BCUT2D eigenvalue weighted by atomic mass is 19.4. The zero-order chi connectivity index (χ0) is 35.7. The van der Waals surface area contributed by atoms with Gasteiger partial charge in [0.05, 0.1) is 39.5 Å². The number of carbonyl (C=O) groups is 2. The number of para-hydroxylation sites is 1. The van der Waals surface area contributed by atoms with Gasteiger partial charge in [0.1, 0.15) is 0 Å².